The zero-order chi connectivity index (χ0) is 12.1. The predicted molar refractivity (Wildman–Crippen MR) is 64.8 cm³/mol. The molecule has 0 fully saturated rings. The van der Waals surface area contributed by atoms with Crippen LogP contribution in [0.5, 0.6) is 0 Å². The quantitative estimate of drug-likeness (QED) is 0.749. The Hall–Kier alpha value is -0.940. The number of carboxylic acid groups (broad SMARTS) is 1. The third-order valence-corrected chi connectivity index (χ3v) is 3.17. The molecule has 0 amide bonds. The fraction of sp³-hybridized carbons (Fsp3) is 0.545. The lowest BCUT2D eigenvalue weighted by atomic mass is 10.2. The Balaban J connectivity index is 2.43. The van der Waals surface area contributed by atoms with Gasteiger partial charge in [0.05, 0.1) is 5.75 Å². The third-order valence-electron chi connectivity index (χ3n) is 2.16. The zero-order valence-corrected chi connectivity index (χ0v) is 10.3. The van der Waals surface area contributed by atoms with Gasteiger partial charge in [-0.15, -0.1) is 0 Å². The van der Waals surface area contributed by atoms with Gasteiger partial charge in [-0.1, -0.05) is 0 Å². The van der Waals surface area contributed by atoms with Crippen molar-refractivity contribution in [1.82, 2.24) is 0 Å². The first kappa shape index (κ1) is 13.1. The van der Waals surface area contributed by atoms with Gasteiger partial charge in [-0.05, 0) is 32.1 Å². The van der Waals surface area contributed by atoms with Gasteiger partial charge in [-0.25, -0.2) is 4.79 Å². The van der Waals surface area contributed by atoms with Crippen LogP contribution in [0.4, 0.5) is 0 Å². The van der Waals surface area contributed by atoms with Crippen LogP contribution in [-0.4, -0.2) is 22.9 Å². The van der Waals surface area contributed by atoms with Crippen LogP contribution in [0.25, 0.3) is 0 Å². The Morgan fingerprint density at radius 3 is 2.88 bits per heavy atom. The van der Waals surface area contributed by atoms with Crippen molar-refractivity contribution < 1.29 is 14.3 Å². The lowest BCUT2D eigenvalue weighted by Crippen LogP contribution is -2.15. The number of thioether (sulfide) groups is 1. The monoisotopic (exact) mass is 243 g/mol. The van der Waals surface area contributed by atoms with Crippen LogP contribution < -0.4 is 5.73 Å². The Labute approximate surface area is 99.2 Å². The SMILES string of the molecule is Cc1oc(CSCCC(C)N)cc1C(=O)O. The summed E-state index contributed by atoms with van der Waals surface area (Å²) in [6.07, 6.45) is 0.955. The molecule has 90 valence electrons. The van der Waals surface area contributed by atoms with E-state index < -0.39 is 5.97 Å². The topological polar surface area (TPSA) is 76.5 Å². The molecule has 1 aromatic rings. The van der Waals surface area contributed by atoms with Gasteiger partial charge in [0.1, 0.15) is 17.1 Å². The van der Waals surface area contributed by atoms with Crippen molar-refractivity contribution in [1.29, 1.82) is 0 Å². The maximum absolute atomic E-state index is 10.8. The number of carboxylic acids is 1. The fourth-order valence-electron chi connectivity index (χ4n) is 1.27. The minimum atomic E-state index is -0.937. The largest absolute Gasteiger partial charge is 0.478 e. The summed E-state index contributed by atoms with van der Waals surface area (Å²) in [6.45, 7) is 3.64. The highest BCUT2D eigenvalue weighted by atomic mass is 32.2. The predicted octanol–water partition coefficient (Wildman–Crippen LogP) is 2.26. The van der Waals surface area contributed by atoms with Gasteiger partial charge < -0.3 is 15.3 Å². The highest BCUT2D eigenvalue weighted by Crippen LogP contribution is 2.20. The van der Waals surface area contributed by atoms with Gasteiger partial charge in [0, 0.05) is 6.04 Å². The number of nitrogens with two attached hydrogens (primary N) is 1. The molecule has 0 saturated heterocycles. The molecule has 0 saturated carbocycles. The number of aromatic carboxylic acids is 1. The molecule has 0 radical (unpaired) electrons. The highest BCUT2D eigenvalue weighted by molar-refractivity contribution is 7.98. The van der Waals surface area contributed by atoms with Gasteiger partial charge in [0.2, 0.25) is 0 Å². The molecule has 0 aliphatic rings. The second kappa shape index (κ2) is 5.96. The van der Waals surface area contributed by atoms with E-state index in [4.69, 9.17) is 15.3 Å². The zero-order valence-electron chi connectivity index (χ0n) is 9.53. The van der Waals surface area contributed by atoms with Crippen LogP contribution in [0.2, 0.25) is 0 Å². The minimum absolute atomic E-state index is 0.209. The van der Waals surface area contributed by atoms with E-state index in [-0.39, 0.29) is 11.6 Å². The van der Waals surface area contributed by atoms with Crippen LogP contribution in [0, 0.1) is 6.92 Å². The number of hydrogen-bond donors (Lipinski definition) is 2. The lowest BCUT2D eigenvalue weighted by molar-refractivity contribution is 0.0695. The van der Waals surface area contributed by atoms with Crippen LogP contribution in [0.1, 0.15) is 35.2 Å². The summed E-state index contributed by atoms with van der Waals surface area (Å²) in [6, 6.07) is 1.80. The van der Waals surface area contributed by atoms with E-state index >= 15 is 0 Å². The van der Waals surface area contributed by atoms with Crippen molar-refractivity contribution in [2.75, 3.05) is 5.75 Å². The van der Waals surface area contributed by atoms with Crippen LogP contribution in [0.3, 0.4) is 0 Å². The second-order valence-electron chi connectivity index (χ2n) is 3.81. The van der Waals surface area contributed by atoms with Crippen LogP contribution in [-0.2, 0) is 5.75 Å². The normalized spacial score (nSPS) is 12.7. The van der Waals surface area contributed by atoms with E-state index in [0.717, 1.165) is 12.2 Å². The standard InChI is InChI=1S/C11H17NO3S/c1-7(12)3-4-16-6-9-5-10(11(13)14)8(2)15-9/h5,7H,3-4,6,12H2,1-2H3,(H,13,14). The van der Waals surface area contributed by atoms with E-state index in [1.54, 1.807) is 24.8 Å². The number of hydrogen-bond acceptors (Lipinski definition) is 4. The van der Waals surface area contributed by atoms with Gasteiger partial charge >= 0.3 is 5.97 Å². The van der Waals surface area contributed by atoms with Crippen molar-refractivity contribution >= 4 is 17.7 Å². The average Bonchev–Trinajstić information content (AvgIpc) is 2.54. The lowest BCUT2D eigenvalue weighted by Gasteiger charge is -2.02. The molecule has 1 atom stereocenters. The number of carbonyl (C=O) groups is 1. The van der Waals surface area contributed by atoms with Crippen molar-refractivity contribution in [2.24, 2.45) is 5.73 Å². The highest BCUT2D eigenvalue weighted by Gasteiger charge is 2.13. The van der Waals surface area contributed by atoms with Gasteiger partial charge in [-0.2, -0.15) is 11.8 Å². The van der Waals surface area contributed by atoms with Crippen LogP contribution in [0.15, 0.2) is 10.5 Å². The van der Waals surface area contributed by atoms with E-state index in [1.807, 2.05) is 6.92 Å². The van der Waals surface area contributed by atoms with E-state index in [2.05, 4.69) is 0 Å². The molecule has 1 heterocycles. The van der Waals surface area contributed by atoms with E-state index in [0.29, 0.717) is 17.3 Å². The Morgan fingerprint density at radius 2 is 2.38 bits per heavy atom. The molecule has 0 aliphatic heterocycles. The van der Waals surface area contributed by atoms with E-state index in [1.165, 1.54) is 0 Å². The van der Waals surface area contributed by atoms with Crippen molar-refractivity contribution in [3.05, 3.63) is 23.2 Å². The Kier molecular flexibility index (Phi) is 4.89. The first-order chi connectivity index (χ1) is 7.50. The molecule has 3 N–H and O–H groups in total. The van der Waals surface area contributed by atoms with Crippen molar-refractivity contribution in [3.8, 4) is 0 Å². The average molecular weight is 243 g/mol. The smallest absolute Gasteiger partial charge is 0.339 e. The minimum Gasteiger partial charge on any atom is -0.478 e. The Bertz CT molecular complexity index is 360. The first-order valence-electron chi connectivity index (χ1n) is 5.16. The molecule has 0 spiro atoms. The molecule has 4 nitrogen and oxygen atoms in total. The Morgan fingerprint density at radius 1 is 1.69 bits per heavy atom. The molecular weight excluding hydrogens is 226 g/mol. The van der Waals surface area contributed by atoms with Gasteiger partial charge in [-0.3, -0.25) is 0 Å². The second-order valence-corrected chi connectivity index (χ2v) is 4.91. The molecular formula is C11H17NO3S. The first-order valence-corrected chi connectivity index (χ1v) is 6.32. The number of rotatable bonds is 6. The maximum Gasteiger partial charge on any atom is 0.339 e. The van der Waals surface area contributed by atoms with Crippen LogP contribution >= 0.6 is 11.8 Å². The summed E-state index contributed by atoms with van der Waals surface area (Å²) in [5.74, 6) is 1.90. The van der Waals surface area contributed by atoms with Gasteiger partial charge in [0.15, 0.2) is 0 Å². The molecule has 1 unspecified atom stereocenters. The van der Waals surface area contributed by atoms with Crippen molar-refractivity contribution in [2.45, 2.75) is 32.1 Å². The fourth-order valence-corrected chi connectivity index (χ4v) is 2.30. The summed E-state index contributed by atoms with van der Waals surface area (Å²) in [4.78, 5) is 10.8. The maximum atomic E-state index is 10.8. The number of furan rings is 1. The summed E-state index contributed by atoms with van der Waals surface area (Å²) >= 11 is 1.70. The summed E-state index contributed by atoms with van der Waals surface area (Å²) in [7, 11) is 0. The molecule has 5 heteroatoms. The molecule has 16 heavy (non-hydrogen) atoms. The number of aryl methyl sites for hydroxylation is 1. The molecule has 1 rings (SSSR count). The molecule has 0 bridgehead atoms. The van der Waals surface area contributed by atoms with Gasteiger partial charge in [0.25, 0.3) is 0 Å². The molecule has 0 aliphatic carbocycles. The van der Waals surface area contributed by atoms with E-state index in [9.17, 15) is 4.79 Å². The summed E-state index contributed by atoms with van der Waals surface area (Å²) in [5.41, 5.74) is 5.88. The molecule has 1 aromatic heterocycles. The third kappa shape index (κ3) is 3.90. The summed E-state index contributed by atoms with van der Waals surface area (Å²) in [5, 5.41) is 8.84. The summed E-state index contributed by atoms with van der Waals surface area (Å²) < 4.78 is 5.35. The molecule has 0 aromatic carbocycles. The van der Waals surface area contributed by atoms with Crippen molar-refractivity contribution in [3.63, 3.8) is 0 Å².